The molecule has 7 nitrogen and oxygen atoms in total. The van der Waals surface area contributed by atoms with Gasteiger partial charge in [0.05, 0.1) is 5.69 Å². The number of aromatic nitrogens is 4. The summed E-state index contributed by atoms with van der Waals surface area (Å²) in [6.45, 7) is 4.05. The maximum atomic E-state index is 11.7. The largest absolute Gasteiger partial charge is 0.475 e. The summed E-state index contributed by atoms with van der Waals surface area (Å²) in [5.74, 6) is -1.70. The van der Waals surface area contributed by atoms with Crippen LogP contribution in [0.25, 0.3) is 16.4 Å². The number of rotatable bonds is 3. The first kappa shape index (κ1) is 14.2. The first-order valence-electron chi connectivity index (χ1n) is 6.42. The van der Waals surface area contributed by atoms with E-state index in [0.29, 0.717) is 5.13 Å². The van der Waals surface area contributed by atoms with Crippen molar-refractivity contribution in [2.75, 3.05) is 0 Å². The Morgan fingerprint density at radius 1 is 1.32 bits per heavy atom. The van der Waals surface area contributed by atoms with E-state index >= 15 is 0 Å². The number of carboxylic acid groups (broad SMARTS) is 1. The van der Waals surface area contributed by atoms with E-state index < -0.39 is 17.5 Å². The molecule has 0 bridgehead atoms. The Labute approximate surface area is 128 Å². The number of hydrogen-bond donors (Lipinski definition) is 2. The molecule has 3 rings (SSSR count). The van der Waals surface area contributed by atoms with Gasteiger partial charge in [0.25, 0.3) is 0 Å². The van der Waals surface area contributed by atoms with Gasteiger partial charge >= 0.3 is 11.7 Å². The highest BCUT2D eigenvalue weighted by Crippen LogP contribution is 2.25. The molecule has 0 saturated heterocycles. The van der Waals surface area contributed by atoms with Crippen molar-refractivity contribution in [3.63, 3.8) is 0 Å². The van der Waals surface area contributed by atoms with Gasteiger partial charge < -0.3 is 5.11 Å². The van der Waals surface area contributed by atoms with Gasteiger partial charge in [0.2, 0.25) is 11.0 Å². The highest BCUT2D eigenvalue weighted by Gasteiger charge is 2.15. The monoisotopic (exact) mass is 316 g/mol. The van der Waals surface area contributed by atoms with Gasteiger partial charge in [-0.25, -0.2) is 14.6 Å². The average Bonchev–Trinajstić information content (AvgIpc) is 3.08. The maximum absolute atomic E-state index is 11.7. The molecule has 0 aliphatic heterocycles. The van der Waals surface area contributed by atoms with Crippen molar-refractivity contribution in [3.05, 3.63) is 51.0 Å². The molecule has 0 spiro atoms. The average molecular weight is 316 g/mol. The molecule has 3 aromatic rings. The van der Waals surface area contributed by atoms with Gasteiger partial charge in [0.15, 0.2) is 0 Å². The van der Waals surface area contributed by atoms with Gasteiger partial charge in [-0.05, 0) is 31.0 Å². The molecule has 0 unspecified atom stereocenters. The van der Waals surface area contributed by atoms with Crippen molar-refractivity contribution >= 4 is 17.3 Å². The minimum atomic E-state index is -1.29. The summed E-state index contributed by atoms with van der Waals surface area (Å²) in [5.41, 5.74) is 3.37. The van der Waals surface area contributed by atoms with Crippen molar-refractivity contribution in [2.24, 2.45) is 0 Å². The van der Waals surface area contributed by atoms with Crippen LogP contribution < -0.4 is 5.69 Å². The number of hydrogen-bond acceptors (Lipinski definition) is 5. The third-order valence-electron chi connectivity index (χ3n) is 3.30. The highest BCUT2D eigenvalue weighted by atomic mass is 32.1. The fourth-order valence-corrected chi connectivity index (χ4v) is 2.73. The molecule has 0 radical (unpaired) electrons. The predicted molar refractivity (Wildman–Crippen MR) is 81.7 cm³/mol. The number of aromatic amines is 1. The molecule has 1 aromatic carbocycles. The van der Waals surface area contributed by atoms with Crippen LogP contribution in [0.1, 0.15) is 21.7 Å². The lowest BCUT2D eigenvalue weighted by molar-refractivity contribution is 0.0683. The number of carboxylic acids is 1. The number of nitrogens with zero attached hydrogens (tertiary/aromatic N) is 3. The van der Waals surface area contributed by atoms with E-state index in [-0.39, 0.29) is 0 Å². The zero-order valence-electron chi connectivity index (χ0n) is 11.8. The Balaban J connectivity index is 2.02. The van der Waals surface area contributed by atoms with Gasteiger partial charge in [-0.15, -0.1) is 16.4 Å². The van der Waals surface area contributed by atoms with Crippen LogP contribution in [0.2, 0.25) is 0 Å². The summed E-state index contributed by atoms with van der Waals surface area (Å²) in [6.07, 6.45) is 0. The van der Waals surface area contributed by atoms with E-state index in [9.17, 15) is 9.59 Å². The minimum Gasteiger partial charge on any atom is -0.475 e. The molecule has 0 amide bonds. The van der Waals surface area contributed by atoms with Crippen LogP contribution in [0, 0.1) is 13.8 Å². The normalized spacial score (nSPS) is 10.8. The van der Waals surface area contributed by atoms with Crippen molar-refractivity contribution in [3.8, 4) is 16.4 Å². The Bertz CT molecular complexity index is 922. The summed E-state index contributed by atoms with van der Waals surface area (Å²) >= 11 is 1.22. The maximum Gasteiger partial charge on any atom is 0.373 e. The zero-order chi connectivity index (χ0) is 15.9. The van der Waals surface area contributed by atoms with E-state index in [1.54, 1.807) is 5.38 Å². The second-order valence-electron chi connectivity index (χ2n) is 4.81. The summed E-state index contributed by atoms with van der Waals surface area (Å²) in [7, 11) is 0. The SMILES string of the molecule is Cc1ccc(-c2csc(-n3nc(C(=O)O)[nH]c3=O)n2)cc1C. The standard InChI is InChI=1S/C14H12N4O3S/c1-7-3-4-9(5-8(7)2)10-6-22-14(15-10)18-13(21)16-11(17-18)12(19)20/h3-6H,1-2H3,(H,19,20)(H,16,17,21). The molecule has 0 aliphatic rings. The number of thiazole rings is 1. The molecule has 0 saturated carbocycles. The lowest BCUT2D eigenvalue weighted by atomic mass is 10.1. The van der Waals surface area contributed by atoms with Crippen LogP contribution in [-0.4, -0.2) is 30.8 Å². The van der Waals surface area contributed by atoms with E-state index in [0.717, 1.165) is 21.5 Å². The van der Waals surface area contributed by atoms with Crippen molar-refractivity contribution < 1.29 is 9.90 Å². The Morgan fingerprint density at radius 2 is 2.09 bits per heavy atom. The second kappa shape index (κ2) is 5.23. The first-order valence-corrected chi connectivity index (χ1v) is 7.30. The smallest absolute Gasteiger partial charge is 0.373 e. The molecule has 0 atom stereocenters. The first-order chi connectivity index (χ1) is 10.5. The van der Waals surface area contributed by atoms with Gasteiger partial charge in [0, 0.05) is 10.9 Å². The third kappa shape index (κ3) is 2.44. The number of aryl methyl sites for hydroxylation is 2. The number of H-pyrrole nitrogens is 1. The van der Waals surface area contributed by atoms with E-state index in [2.05, 4.69) is 15.1 Å². The third-order valence-corrected chi connectivity index (χ3v) is 4.11. The van der Waals surface area contributed by atoms with Gasteiger partial charge in [-0.1, -0.05) is 12.1 Å². The molecule has 2 aromatic heterocycles. The predicted octanol–water partition coefficient (Wildman–Crippen LogP) is 2.00. The van der Waals surface area contributed by atoms with Crippen LogP contribution in [0.5, 0.6) is 0 Å². The minimum absolute atomic E-state index is 0.321. The molecule has 2 N–H and O–H groups in total. The fourth-order valence-electron chi connectivity index (χ4n) is 1.95. The summed E-state index contributed by atoms with van der Waals surface area (Å²) in [4.78, 5) is 29.1. The molecule has 0 fully saturated rings. The van der Waals surface area contributed by atoms with Crippen molar-refractivity contribution in [2.45, 2.75) is 13.8 Å². The van der Waals surface area contributed by atoms with E-state index in [1.165, 1.54) is 16.9 Å². The number of benzene rings is 1. The summed E-state index contributed by atoms with van der Waals surface area (Å²) in [6, 6.07) is 5.98. The summed E-state index contributed by atoms with van der Waals surface area (Å²) < 4.78 is 0.957. The highest BCUT2D eigenvalue weighted by molar-refractivity contribution is 7.12. The van der Waals surface area contributed by atoms with Crippen LogP contribution in [0.15, 0.2) is 28.4 Å². The van der Waals surface area contributed by atoms with Crippen molar-refractivity contribution in [1.29, 1.82) is 0 Å². The van der Waals surface area contributed by atoms with Crippen LogP contribution in [0.3, 0.4) is 0 Å². The molecule has 0 aliphatic carbocycles. The molecular formula is C14H12N4O3S. The van der Waals surface area contributed by atoms with Gasteiger partial charge in [-0.2, -0.15) is 4.68 Å². The Kier molecular flexibility index (Phi) is 3.38. The van der Waals surface area contributed by atoms with E-state index in [1.807, 2.05) is 32.0 Å². The molecular weight excluding hydrogens is 304 g/mol. The van der Waals surface area contributed by atoms with Crippen LogP contribution in [0.4, 0.5) is 0 Å². The molecule has 8 heteroatoms. The van der Waals surface area contributed by atoms with Crippen LogP contribution >= 0.6 is 11.3 Å². The quantitative estimate of drug-likeness (QED) is 0.769. The molecule has 22 heavy (non-hydrogen) atoms. The van der Waals surface area contributed by atoms with Crippen LogP contribution in [-0.2, 0) is 0 Å². The molecule has 112 valence electrons. The fraction of sp³-hybridized carbons (Fsp3) is 0.143. The second-order valence-corrected chi connectivity index (χ2v) is 5.65. The Morgan fingerprint density at radius 3 is 2.73 bits per heavy atom. The van der Waals surface area contributed by atoms with E-state index in [4.69, 9.17) is 5.11 Å². The number of nitrogens with one attached hydrogen (secondary N) is 1. The Hall–Kier alpha value is -2.74. The van der Waals surface area contributed by atoms with Crippen molar-refractivity contribution in [1.82, 2.24) is 19.7 Å². The topological polar surface area (TPSA) is 101 Å². The summed E-state index contributed by atoms with van der Waals surface area (Å²) in [5, 5.41) is 14.7. The number of carbonyl (C=O) groups is 1. The van der Waals surface area contributed by atoms with Gasteiger partial charge in [-0.3, -0.25) is 4.98 Å². The lowest BCUT2D eigenvalue weighted by Crippen LogP contribution is -2.15. The van der Waals surface area contributed by atoms with Gasteiger partial charge in [0.1, 0.15) is 0 Å². The number of aromatic carboxylic acids is 1. The lowest BCUT2D eigenvalue weighted by Gasteiger charge is -2.02. The molecule has 2 heterocycles. The zero-order valence-corrected chi connectivity index (χ0v) is 12.6.